The minimum Gasteiger partial charge on any atom is -0.365 e. The highest BCUT2D eigenvalue weighted by Gasteiger charge is 2.14. The van der Waals surface area contributed by atoms with Crippen LogP contribution < -0.4 is 5.73 Å². The van der Waals surface area contributed by atoms with Crippen molar-refractivity contribution in [2.45, 2.75) is 0 Å². The lowest BCUT2D eigenvalue weighted by atomic mass is 9.99. The molecule has 2 aromatic carbocycles. The van der Waals surface area contributed by atoms with Crippen molar-refractivity contribution in [3.8, 4) is 11.1 Å². The second kappa shape index (κ2) is 4.14. The molecule has 0 saturated carbocycles. The maximum absolute atomic E-state index is 13.4. The molecule has 2 N–H and O–H groups in total. The number of hydrogen-bond acceptors (Lipinski definition) is 1. The summed E-state index contributed by atoms with van der Waals surface area (Å²) in [6.45, 7) is 0. The number of primary amides is 1. The number of carbonyl (C=O) groups excluding carboxylic acids is 1. The second-order valence-corrected chi connectivity index (χ2v) is 3.31. The molecular weight excluding hydrogens is 205 g/mol. The highest BCUT2D eigenvalue weighted by molar-refractivity contribution is 6.00. The molecule has 0 aliphatic carbocycles. The van der Waals surface area contributed by atoms with Crippen molar-refractivity contribution in [2.24, 2.45) is 5.73 Å². The molecule has 0 saturated heterocycles. The predicted octanol–water partition coefficient (Wildman–Crippen LogP) is 2.39. The van der Waals surface area contributed by atoms with Gasteiger partial charge in [0.25, 0.3) is 5.91 Å². The number of benzene rings is 2. The van der Waals surface area contributed by atoms with Crippen LogP contribution >= 0.6 is 0 Å². The van der Waals surface area contributed by atoms with E-state index in [9.17, 15) is 9.18 Å². The number of hydrogen-bond donors (Lipinski definition) is 1. The lowest BCUT2D eigenvalue weighted by molar-refractivity contribution is 0.0997. The largest absolute Gasteiger partial charge is 0.365 e. The smallest absolute Gasteiger partial charge is 0.252 e. The van der Waals surface area contributed by atoms with Gasteiger partial charge in [0.1, 0.15) is 5.82 Å². The average molecular weight is 214 g/mol. The molecule has 0 bridgehead atoms. The van der Waals surface area contributed by atoms with E-state index in [1.807, 2.05) is 18.2 Å². The number of carbonyl (C=O) groups is 1. The summed E-state index contributed by atoms with van der Waals surface area (Å²) in [5.74, 6) is -1.50. The first-order valence-corrected chi connectivity index (χ1v) is 4.75. The van der Waals surface area contributed by atoms with Crippen molar-refractivity contribution < 1.29 is 9.18 Å². The van der Waals surface area contributed by atoms with E-state index in [1.165, 1.54) is 6.07 Å². The molecule has 0 aromatic heterocycles. The quantitative estimate of drug-likeness (QED) is 0.819. The number of amides is 1. The lowest BCUT2D eigenvalue weighted by Crippen LogP contribution is -2.14. The minimum atomic E-state index is -0.784. The van der Waals surface area contributed by atoms with Gasteiger partial charge in [-0.3, -0.25) is 4.79 Å². The van der Waals surface area contributed by atoms with Crippen molar-refractivity contribution in [3.63, 3.8) is 0 Å². The van der Waals surface area contributed by atoms with Gasteiger partial charge in [-0.05, 0) is 11.1 Å². The zero-order valence-electron chi connectivity index (χ0n) is 8.41. The summed E-state index contributed by atoms with van der Waals surface area (Å²) in [5, 5.41) is 0. The molecule has 0 heterocycles. The van der Waals surface area contributed by atoms with Crippen LogP contribution in [0.15, 0.2) is 42.5 Å². The third-order valence-corrected chi connectivity index (χ3v) is 2.28. The van der Waals surface area contributed by atoms with Gasteiger partial charge in [0.2, 0.25) is 0 Å². The summed E-state index contributed by atoms with van der Waals surface area (Å²) in [4.78, 5) is 11.2. The zero-order valence-corrected chi connectivity index (χ0v) is 8.41. The van der Waals surface area contributed by atoms with Crippen molar-refractivity contribution in [3.05, 3.63) is 59.9 Å². The Balaban J connectivity index is 2.66. The maximum atomic E-state index is 13.4. The molecule has 1 radical (unpaired) electrons. The first kappa shape index (κ1) is 10.4. The van der Waals surface area contributed by atoms with Crippen LogP contribution in [0.5, 0.6) is 0 Å². The van der Waals surface area contributed by atoms with Crippen LogP contribution in [0.25, 0.3) is 11.1 Å². The average Bonchev–Trinajstić information content (AvgIpc) is 2.29. The van der Waals surface area contributed by atoms with Crippen molar-refractivity contribution >= 4 is 5.91 Å². The predicted molar refractivity (Wildman–Crippen MR) is 59.2 cm³/mol. The summed E-state index contributed by atoms with van der Waals surface area (Å²) in [7, 11) is 0. The van der Waals surface area contributed by atoms with Crippen LogP contribution in [0.1, 0.15) is 10.4 Å². The van der Waals surface area contributed by atoms with Crippen molar-refractivity contribution in [1.29, 1.82) is 0 Å². The summed E-state index contributed by atoms with van der Waals surface area (Å²) < 4.78 is 13.4. The Morgan fingerprint density at radius 1 is 1.19 bits per heavy atom. The fourth-order valence-corrected chi connectivity index (χ4v) is 1.57. The summed E-state index contributed by atoms with van der Waals surface area (Å²) in [5.41, 5.74) is 6.28. The summed E-state index contributed by atoms with van der Waals surface area (Å²) >= 11 is 0. The fraction of sp³-hybridized carbons (Fsp3) is 0. The zero-order chi connectivity index (χ0) is 11.5. The van der Waals surface area contributed by atoms with E-state index in [-0.39, 0.29) is 5.56 Å². The monoisotopic (exact) mass is 214 g/mol. The van der Waals surface area contributed by atoms with Crippen LogP contribution in [-0.4, -0.2) is 5.91 Å². The minimum absolute atomic E-state index is 0.117. The first-order valence-electron chi connectivity index (χ1n) is 4.75. The van der Waals surface area contributed by atoms with Crippen molar-refractivity contribution in [2.75, 3.05) is 0 Å². The van der Waals surface area contributed by atoms with Crippen LogP contribution in [0.3, 0.4) is 0 Å². The van der Waals surface area contributed by atoms with Crippen LogP contribution in [0.4, 0.5) is 4.39 Å². The van der Waals surface area contributed by atoms with Gasteiger partial charge in [-0.25, -0.2) is 4.39 Å². The Morgan fingerprint density at radius 3 is 2.50 bits per heavy atom. The Labute approximate surface area is 92.5 Å². The van der Waals surface area contributed by atoms with Gasteiger partial charge < -0.3 is 5.73 Å². The van der Waals surface area contributed by atoms with Crippen LogP contribution in [0.2, 0.25) is 0 Å². The van der Waals surface area contributed by atoms with E-state index >= 15 is 0 Å². The number of nitrogens with two attached hydrogens (primary N) is 1. The molecule has 16 heavy (non-hydrogen) atoms. The van der Waals surface area contributed by atoms with Gasteiger partial charge in [-0.2, -0.15) is 0 Å². The molecule has 0 fully saturated rings. The SMILES string of the molecule is NC(=O)c1c(F)[c]ccc1-c1ccccc1. The molecule has 3 heteroatoms. The van der Waals surface area contributed by atoms with Gasteiger partial charge in [0.15, 0.2) is 0 Å². The molecule has 2 nitrogen and oxygen atoms in total. The van der Waals surface area contributed by atoms with E-state index < -0.39 is 11.7 Å². The molecule has 0 unspecified atom stereocenters. The summed E-state index contributed by atoms with van der Waals surface area (Å²) in [6.07, 6.45) is 0. The first-order chi connectivity index (χ1) is 7.70. The van der Waals surface area contributed by atoms with Gasteiger partial charge in [0.05, 0.1) is 5.56 Å². The maximum Gasteiger partial charge on any atom is 0.252 e. The van der Waals surface area contributed by atoms with E-state index in [0.29, 0.717) is 5.56 Å². The third-order valence-electron chi connectivity index (χ3n) is 2.28. The molecular formula is C13H9FNO. The van der Waals surface area contributed by atoms with Gasteiger partial charge in [-0.1, -0.05) is 42.5 Å². The molecule has 2 rings (SSSR count). The molecule has 0 atom stereocenters. The van der Waals surface area contributed by atoms with E-state index in [2.05, 4.69) is 6.07 Å². The Hall–Kier alpha value is -2.16. The molecule has 0 aliphatic heterocycles. The van der Waals surface area contributed by atoms with Crippen LogP contribution in [0, 0.1) is 11.9 Å². The Kier molecular flexibility index (Phi) is 2.68. The van der Waals surface area contributed by atoms with E-state index in [1.54, 1.807) is 18.2 Å². The normalized spacial score (nSPS) is 10.1. The van der Waals surface area contributed by atoms with Gasteiger partial charge in [0, 0.05) is 6.07 Å². The highest BCUT2D eigenvalue weighted by atomic mass is 19.1. The molecule has 2 aromatic rings. The molecule has 1 amide bonds. The second-order valence-electron chi connectivity index (χ2n) is 3.31. The van der Waals surface area contributed by atoms with Crippen molar-refractivity contribution in [1.82, 2.24) is 0 Å². The summed E-state index contributed by atoms with van der Waals surface area (Å²) in [6, 6.07) is 14.4. The van der Waals surface area contributed by atoms with E-state index in [0.717, 1.165) is 5.56 Å². The molecule has 0 spiro atoms. The number of rotatable bonds is 2. The van der Waals surface area contributed by atoms with Crippen LogP contribution in [-0.2, 0) is 0 Å². The fourth-order valence-electron chi connectivity index (χ4n) is 1.57. The Bertz CT molecular complexity index is 523. The standard InChI is InChI=1S/C13H9FNO/c14-11-8-4-7-10(12(11)13(15)16)9-5-2-1-3-6-9/h1-7H,(H2,15,16). The van der Waals surface area contributed by atoms with Gasteiger partial charge >= 0.3 is 0 Å². The highest BCUT2D eigenvalue weighted by Crippen LogP contribution is 2.24. The molecule has 0 aliphatic rings. The third kappa shape index (κ3) is 1.80. The lowest BCUT2D eigenvalue weighted by Gasteiger charge is -2.07. The number of halogens is 1. The Morgan fingerprint density at radius 2 is 1.88 bits per heavy atom. The van der Waals surface area contributed by atoms with Gasteiger partial charge in [-0.15, -0.1) is 0 Å². The topological polar surface area (TPSA) is 43.1 Å². The molecule has 79 valence electrons. The van der Waals surface area contributed by atoms with E-state index in [4.69, 9.17) is 5.73 Å².